The first-order valence-electron chi connectivity index (χ1n) is 8.47. The normalized spacial score (nSPS) is 12.5. The highest BCUT2D eigenvalue weighted by molar-refractivity contribution is 7.89. The maximum atomic E-state index is 12.6. The maximum Gasteiger partial charge on any atom is 0.242 e. The van der Waals surface area contributed by atoms with E-state index in [0.29, 0.717) is 18.0 Å². The number of halogens is 1. The van der Waals surface area contributed by atoms with Gasteiger partial charge in [0.2, 0.25) is 15.9 Å². The van der Waals surface area contributed by atoms with Crippen LogP contribution >= 0.6 is 11.6 Å². The Labute approximate surface area is 164 Å². The van der Waals surface area contributed by atoms with Crippen LogP contribution in [0.1, 0.15) is 25.0 Å². The van der Waals surface area contributed by atoms with Crippen molar-refractivity contribution in [3.8, 4) is 5.75 Å². The zero-order valence-electron chi connectivity index (χ0n) is 15.7. The van der Waals surface area contributed by atoms with Gasteiger partial charge in [-0.3, -0.25) is 4.79 Å². The van der Waals surface area contributed by atoms with E-state index >= 15 is 0 Å². The molecule has 0 unspecified atom stereocenters. The Kier molecular flexibility index (Phi) is 6.86. The fourth-order valence-electron chi connectivity index (χ4n) is 2.40. The Bertz CT molecular complexity index is 945. The summed E-state index contributed by atoms with van der Waals surface area (Å²) < 4.78 is 32.8. The van der Waals surface area contributed by atoms with E-state index in [-0.39, 0.29) is 9.92 Å². The van der Waals surface area contributed by atoms with Crippen LogP contribution in [0.15, 0.2) is 41.3 Å². The molecule has 0 fully saturated rings. The van der Waals surface area contributed by atoms with Gasteiger partial charge in [-0.2, -0.15) is 4.72 Å². The van der Waals surface area contributed by atoms with E-state index in [9.17, 15) is 13.2 Å². The fourth-order valence-corrected chi connectivity index (χ4v) is 3.93. The first-order valence-corrected chi connectivity index (χ1v) is 10.3. The second-order valence-corrected chi connectivity index (χ2v) is 8.23. The Morgan fingerprint density at radius 1 is 1.22 bits per heavy atom. The molecule has 1 amide bonds. The standard InChI is InChI=1S/C19H23ClN2O4S/c1-5-26-18-10-9-15(11-16(18)20)27(24,25)22-14(4)19(23)21-17-8-6-7-12(2)13(17)3/h6-11,14,22H,5H2,1-4H3,(H,21,23)/t14-/m1/s1. The monoisotopic (exact) mass is 410 g/mol. The zero-order chi connectivity index (χ0) is 20.2. The molecule has 0 aliphatic carbocycles. The Morgan fingerprint density at radius 2 is 1.93 bits per heavy atom. The third-order valence-electron chi connectivity index (χ3n) is 4.10. The van der Waals surface area contributed by atoms with Gasteiger partial charge >= 0.3 is 0 Å². The zero-order valence-corrected chi connectivity index (χ0v) is 17.2. The van der Waals surface area contributed by atoms with Gasteiger partial charge in [0.05, 0.1) is 22.6 Å². The van der Waals surface area contributed by atoms with E-state index in [4.69, 9.17) is 16.3 Å². The molecular formula is C19H23ClN2O4S. The summed E-state index contributed by atoms with van der Waals surface area (Å²) in [7, 11) is -3.92. The Balaban J connectivity index is 2.13. The van der Waals surface area contributed by atoms with E-state index in [2.05, 4.69) is 10.0 Å². The van der Waals surface area contributed by atoms with E-state index in [1.165, 1.54) is 25.1 Å². The molecule has 2 rings (SSSR count). The van der Waals surface area contributed by atoms with Crippen LogP contribution in [0.3, 0.4) is 0 Å². The van der Waals surface area contributed by atoms with Crippen molar-refractivity contribution in [3.63, 3.8) is 0 Å². The van der Waals surface area contributed by atoms with Crippen LogP contribution in [0.5, 0.6) is 5.75 Å². The van der Waals surface area contributed by atoms with Crippen LogP contribution in [0.25, 0.3) is 0 Å². The van der Waals surface area contributed by atoms with Crippen molar-refractivity contribution in [2.75, 3.05) is 11.9 Å². The molecule has 8 heteroatoms. The molecule has 0 heterocycles. The van der Waals surface area contributed by atoms with Gasteiger partial charge in [0, 0.05) is 5.69 Å². The van der Waals surface area contributed by atoms with Gasteiger partial charge in [-0.25, -0.2) is 8.42 Å². The van der Waals surface area contributed by atoms with Crippen LogP contribution in [0.4, 0.5) is 5.69 Å². The maximum absolute atomic E-state index is 12.6. The number of hydrogen-bond acceptors (Lipinski definition) is 4. The largest absolute Gasteiger partial charge is 0.492 e. The SMILES string of the molecule is CCOc1ccc(S(=O)(=O)N[C@H](C)C(=O)Nc2cccc(C)c2C)cc1Cl. The second-order valence-electron chi connectivity index (χ2n) is 6.10. The highest BCUT2D eigenvalue weighted by Gasteiger charge is 2.23. The molecule has 0 spiro atoms. The fraction of sp³-hybridized carbons (Fsp3) is 0.316. The quantitative estimate of drug-likeness (QED) is 0.729. The molecule has 1 atom stereocenters. The number of ether oxygens (including phenoxy) is 1. The van der Waals surface area contributed by atoms with Gasteiger partial charge in [-0.1, -0.05) is 23.7 Å². The average Bonchev–Trinajstić information content (AvgIpc) is 2.60. The summed E-state index contributed by atoms with van der Waals surface area (Å²) in [5.74, 6) is -0.0526. The van der Waals surface area contributed by atoms with Gasteiger partial charge in [-0.05, 0) is 63.1 Å². The molecule has 2 aromatic rings. The third-order valence-corrected chi connectivity index (χ3v) is 5.93. The number of benzene rings is 2. The van der Waals surface area contributed by atoms with Crippen LogP contribution in [-0.2, 0) is 14.8 Å². The topological polar surface area (TPSA) is 84.5 Å². The number of aryl methyl sites for hydroxylation is 1. The molecule has 2 N–H and O–H groups in total. The number of sulfonamides is 1. The molecule has 0 aromatic heterocycles. The highest BCUT2D eigenvalue weighted by atomic mass is 35.5. The molecule has 6 nitrogen and oxygen atoms in total. The number of anilines is 1. The molecular weight excluding hydrogens is 388 g/mol. The minimum absolute atomic E-state index is 0.0395. The third kappa shape index (κ3) is 5.22. The molecule has 0 radical (unpaired) electrons. The van der Waals surface area contributed by atoms with Crippen molar-refractivity contribution in [3.05, 3.63) is 52.5 Å². The lowest BCUT2D eigenvalue weighted by Gasteiger charge is -2.16. The lowest BCUT2D eigenvalue weighted by Crippen LogP contribution is -2.41. The van der Waals surface area contributed by atoms with Gasteiger partial charge in [0.15, 0.2) is 0 Å². The number of carbonyl (C=O) groups excluding carboxylic acids is 1. The molecule has 146 valence electrons. The van der Waals surface area contributed by atoms with Gasteiger partial charge in [0.25, 0.3) is 0 Å². The number of hydrogen-bond donors (Lipinski definition) is 2. The van der Waals surface area contributed by atoms with Crippen molar-refractivity contribution in [1.82, 2.24) is 4.72 Å². The van der Waals surface area contributed by atoms with Crippen LogP contribution < -0.4 is 14.8 Å². The van der Waals surface area contributed by atoms with Crippen molar-refractivity contribution >= 4 is 33.2 Å². The predicted octanol–water partition coefficient (Wildman–Crippen LogP) is 3.66. The van der Waals surface area contributed by atoms with E-state index in [1.807, 2.05) is 26.0 Å². The van der Waals surface area contributed by atoms with Gasteiger partial charge < -0.3 is 10.1 Å². The van der Waals surface area contributed by atoms with Crippen molar-refractivity contribution in [2.45, 2.75) is 38.6 Å². The lowest BCUT2D eigenvalue weighted by molar-refractivity contribution is -0.117. The van der Waals surface area contributed by atoms with Gasteiger partial charge in [-0.15, -0.1) is 0 Å². The average molecular weight is 411 g/mol. The first-order chi connectivity index (χ1) is 12.7. The smallest absolute Gasteiger partial charge is 0.242 e. The summed E-state index contributed by atoms with van der Waals surface area (Å²) in [5.41, 5.74) is 2.61. The summed E-state index contributed by atoms with van der Waals surface area (Å²) in [6.07, 6.45) is 0. The molecule has 0 saturated carbocycles. The lowest BCUT2D eigenvalue weighted by atomic mass is 10.1. The highest BCUT2D eigenvalue weighted by Crippen LogP contribution is 2.27. The van der Waals surface area contributed by atoms with Crippen molar-refractivity contribution in [1.29, 1.82) is 0 Å². The molecule has 2 aromatic carbocycles. The molecule has 0 aliphatic rings. The number of carbonyl (C=O) groups is 1. The van der Waals surface area contributed by atoms with Crippen LogP contribution in [0, 0.1) is 13.8 Å². The summed E-state index contributed by atoms with van der Waals surface area (Å²) in [6, 6.07) is 8.73. The number of rotatable bonds is 7. The number of amides is 1. The summed E-state index contributed by atoms with van der Waals surface area (Å²) in [6.45, 7) is 7.53. The van der Waals surface area contributed by atoms with Crippen molar-refractivity contribution < 1.29 is 17.9 Å². The van der Waals surface area contributed by atoms with Crippen LogP contribution in [0.2, 0.25) is 5.02 Å². The molecule has 0 aliphatic heterocycles. The van der Waals surface area contributed by atoms with E-state index in [1.54, 1.807) is 13.0 Å². The second kappa shape index (κ2) is 8.73. The summed E-state index contributed by atoms with van der Waals surface area (Å²) in [5, 5.41) is 2.94. The van der Waals surface area contributed by atoms with Gasteiger partial charge in [0.1, 0.15) is 5.75 Å². The molecule has 0 bridgehead atoms. The van der Waals surface area contributed by atoms with Crippen molar-refractivity contribution in [2.24, 2.45) is 0 Å². The first kappa shape index (κ1) is 21.2. The molecule has 0 saturated heterocycles. The predicted molar refractivity (Wildman–Crippen MR) is 107 cm³/mol. The van der Waals surface area contributed by atoms with Crippen LogP contribution in [-0.4, -0.2) is 27.0 Å². The minimum Gasteiger partial charge on any atom is -0.492 e. The minimum atomic E-state index is -3.92. The summed E-state index contributed by atoms with van der Waals surface area (Å²) in [4.78, 5) is 12.4. The molecule has 27 heavy (non-hydrogen) atoms. The van der Waals surface area contributed by atoms with E-state index < -0.39 is 22.0 Å². The number of nitrogens with one attached hydrogen (secondary N) is 2. The van der Waals surface area contributed by atoms with E-state index in [0.717, 1.165) is 11.1 Å². The Morgan fingerprint density at radius 3 is 2.56 bits per heavy atom. The summed E-state index contributed by atoms with van der Waals surface area (Å²) >= 11 is 6.06. The Hall–Kier alpha value is -2.09.